The third kappa shape index (κ3) is 4.50. The van der Waals surface area contributed by atoms with E-state index in [4.69, 9.17) is 23.2 Å². The predicted octanol–water partition coefficient (Wildman–Crippen LogP) is 3.63. The Labute approximate surface area is 162 Å². The quantitative estimate of drug-likeness (QED) is 0.813. The number of rotatable bonds is 5. The minimum atomic E-state index is -3.11. The molecule has 26 heavy (non-hydrogen) atoms. The molecule has 0 bridgehead atoms. The Morgan fingerprint density at radius 3 is 2.50 bits per heavy atom. The number of hydrogen-bond acceptors (Lipinski definition) is 4. The number of carbonyl (C=O) groups excluding carboxylic acids is 1. The van der Waals surface area contributed by atoms with Crippen molar-refractivity contribution < 1.29 is 13.2 Å². The molecule has 0 radical (unpaired) electrons. The molecule has 0 saturated carbocycles. The van der Waals surface area contributed by atoms with Crippen LogP contribution >= 0.6 is 23.2 Å². The maximum atomic E-state index is 12.9. The van der Waals surface area contributed by atoms with Crippen molar-refractivity contribution in [1.29, 1.82) is 0 Å². The van der Waals surface area contributed by atoms with Crippen LogP contribution in [-0.4, -0.2) is 38.4 Å². The molecular weight excluding hydrogens is 395 g/mol. The lowest BCUT2D eigenvalue weighted by Gasteiger charge is -2.28. The van der Waals surface area contributed by atoms with Gasteiger partial charge in [-0.05, 0) is 36.8 Å². The Morgan fingerprint density at radius 1 is 1.15 bits per heavy atom. The van der Waals surface area contributed by atoms with Crippen LogP contribution in [-0.2, 0) is 14.6 Å². The van der Waals surface area contributed by atoms with Crippen LogP contribution in [0.1, 0.15) is 6.42 Å². The van der Waals surface area contributed by atoms with Crippen molar-refractivity contribution in [1.82, 2.24) is 0 Å². The van der Waals surface area contributed by atoms with E-state index < -0.39 is 9.84 Å². The molecule has 1 N–H and O–H groups in total. The average Bonchev–Trinajstić information content (AvgIpc) is 2.95. The number of nitrogens with zero attached hydrogens (tertiary/aromatic N) is 1. The molecule has 0 aromatic heterocycles. The van der Waals surface area contributed by atoms with Crippen molar-refractivity contribution in [2.24, 2.45) is 0 Å². The summed E-state index contributed by atoms with van der Waals surface area (Å²) in [5.41, 5.74) is 1.28. The van der Waals surface area contributed by atoms with Crippen molar-refractivity contribution in [3.05, 3.63) is 58.6 Å². The summed E-state index contributed by atoms with van der Waals surface area (Å²) in [6.07, 6.45) is 0.435. The highest BCUT2D eigenvalue weighted by Crippen LogP contribution is 2.27. The molecular formula is C18H18Cl2N2O3S. The zero-order valence-electron chi connectivity index (χ0n) is 13.9. The average molecular weight is 413 g/mol. The van der Waals surface area contributed by atoms with Crippen LogP contribution in [0.2, 0.25) is 10.0 Å². The van der Waals surface area contributed by atoms with Crippen LogP contribution in [0, 0.1) is 0 Å². The van der Waals surface area contributed by atoms with Gasteiger partial charge in [0.25, 0.3) is 0 Å². The molecule has 0 aliphatic carbocycles. The van der Waals surface area contributed by atoms with E-state index in [1.807, 2.05) is 18.2 Å². The van der Waals surface area contributed by atoms with Gasteiger partial charge in [0.05, 0.1) is 34.8 Å². The van der Waals surface area contributed by atoms with Crippen molar-refractivity contribution in [2.75, 3.05) is 28.3 Å². The summed E-state index contributed by atoms with van der Waals surface area (Å²) in [7, 11) is -3.11. The van der Waals surface area contributed by atoms with Gasteiger partial charge in [-0.2, -0.15) is 0 Å². The van der Waals surface area contributed by atoms with Gasteiger partial charge >= 0.3 is 0 Å². The Hall–Kier alpha value is -1.76. The van der Waals surface area contributed by atoms with Crippen molar-refractivity contribution in [3.63, 3.8) is 0 Å². The van der Waals surface area contributed by atoms with Crippen LogP contribution in [0.25, 0.3) is 0 Å². The number of sulfone groups is 1. The molecule has 1 amide bonds. The number of anilines is 2. The van der Waals surface area contributed by atoms with Gasteiger partial charge in [0.2, 0.25) is 5.91 Å². The summed E-state index contributed by atoms with van der Waals surface area (Å²) >= 11 is 12.0. The van der Waals surface area contributed by atoms with E-state index in [-0.39, 0.29) is 30.0 Å². The third-order valence-electron chi connectivity index (χ3n) is 4.24. The molecule has 1 aliphatic heterocycles. The minimum Gasteiger partial charge on any atom is -0.375 e. The lowest BCUT2D eigenvalue weighted by molar-refractivity contribution is -0.117. The molecule has 2 aromatic carbocycles. The van der Waals surface area contributed by atoms with E-state index in [0.717, 1.165) is 0 Å². The van der Waals surface area contributed by atoms with Crippen LogP contribution in [0.15, 0.2) is 48.5 Å². The normalized spacial score (nSPS) is 18.5. The Bertz CT molecular complexity index is 904. The van der Waals surface area contributed by atoms with Gasteiger partial charge < -0.3 is 10.2 Å². The Kier molecular flexibility index (Phi) is 5.75. The monoisotopic (exact) mass is 412 g/mol. The minimum absolute atomic E-state index is 0.00715. The number of hydrogen-bond donors (Lipinski definition) is 1. The standard InChI is InChI=1S/C18H18Cl2N2O3S/c19-13-6-7-17(16(20)10-13)21-11-18(23)22(14-4-2-1-3-5-14)15-8-9-26(24,25)12-15/h1-7,10,15,21H,8-9,11-12H2/t15-/m1/s1. The van der Waals surface area contributed by atoms with Gasteiger partial charge in [0, 0.05) is 10.7 Å². The smallest absolute Gasteiger partial charge is 0.246 e. The number of para-hydroxylation sites is 1. The second-order valence-electron chi connectivity index (χ2n) is 6.13. The highest BCUT2D eigenvalue weighted by Gasteiger charge is 2.35. The second-order valence-corrected chi connectivity index (χ2v) is 9.21. The number of benzene rings is 2. The highest BCUT2D eigenvalue weighted by atomic mass is 35.5. The largest absolute Gasteiger partial charge is 0.375 e. The van der Waals surface area contributed by atoms with Crippen LogP contribution in [0.3, 0.4) is 0 Å². The van der Waals surface area contributed by atoms with Gasteiger partial charge in [0.15, 0.2) is 9.84 Å². The van der Waals surface area contributed by atoms with Crippen LogP contribution in [0.5, 0.6) is 0 Å². The van der Waals surface area contributed by atoms with Gasteiger partial charge in [0.1, 0.15) is 0 Å². The first-order chi connectivity index (χ1) is 12.4. The number of halogens is 2. The second kappa shape index (κ2) is 7.86. The predicted molar refractivity (Wildman–Crippen MR) is 106 cm³/mol. The molecule has 138 valence electrons. The summed E-state index contributed by atoms with van der Waals surface area (Å²) in [5, 5.41) is 3.93. The zero-order chi connectivity index (χ0) is 18.7. The SMILES string of the molecule is O=C(CNc1ccc(Cl)cc1Cl)N(c1ccccc1)[C@@H]1CCS(=O)(=O)C1. The summed E-state index contributed by atoms with van der Waals surface area (Å²) in [6.45, 7) is -0.00715. The summed E-state index contributed by atoms with van der Waals surface area (Å²) in [4.78, 5) is 14.5. The number of amides is 1. The first kappa shape index (κ1) is 19.0. The summed E-state index contributed by atoms with van der Waals surface area (Å²) in [5.74, 6) is -0.135. The van der Waals surface area contributed by atoms with Crippen LogP contribution < -0.4 is 10.2 Å². The Balaban J connectivity index is 1.79. The van der Waals surface area contributed by atoms with E-state index in [1.54, 1.807) is 35.2 Å². The lowest BCUT2D eigenvalue weighted by atomic mass is 10.1. The molecule has 1 fully saturated rings. The Morgan fingerprint density at radius 2 is 1.88 bits per heavy atom. The van der Waals surface area contributed by atoms with Crippen molar-refractivity contribution in [2.45, 2.75) is 12.5 Å². The molecule has 0 spiro atoms. The fourth-order valence-electron chi connectivity index (χ4n) is 3.01. The molecule has 5 nitrogen and oxygen atoms in total. The van der Waals surface area contributed by atoms with Crippen molar-refractivity contribution >= 4 is 50.3 Å². The number of carbonyl (C=O) groups is 1. The van der Waals surface area contributed by atoms with Gasteiger partial charge in [-0.1, -0.05) is 41.4 Å². The first-order valence-corrected chi connectivity index (χ1v) is 10.7. The van der Waals surface area contributed by atoms with E-state index in [2.05, 4.69) is 5.32 Å². The highest BCUT2D eigenvalue weighted by molar-refractivity contribution is 7.91. The van der Waals surface area contributed by atoms with Crippen LogP contribution in [0.4, 0.5) is 11.4 Å². The number of nitrogens with one attached hydrogen (secondary N) is 1. The topological polar surface area (TPSA) is 66.5 Å². The van der Waals surface area contributed by atoms with Gasteiger partial charge in [-0.3, -0.25) is 4.79 Å². The van der Waals surface area contributed by atoms with E-state index >= 15 is 0 Å². The maximum absolute atomic E-state index is 12.9. The van der Waals surface area contributed by atoms with Gasteiger partial charge in [-0.25, -0.2) is 8.42 Å². The molecule has 2 aromatic rings. The molecule has 1 aliphatic rings. The van der Waals surface area contributed by atoms with Crippen molar-refractivity contribution in [3.8, 4) is 0 Å². The molecule has 1 saturated heterocycles. The fourth-order valence-corrected chi connectivity index (χ4v) is 5.19. The fraction of sp³-hybridized carbons (Fsp3) is 0.278. The molecule has 8 heteroatoms. The van der Waals surface area contributed by atoms with E-state index in [0.29, 0.717) is 27.8 Å². The maximum Gasteiger partial charge on any atom is 0.246 e. The molecule has 1 heterocycles. The lowest BCUT2D eigenvalue weighted by Crippen LogP contribution is -2.44. The molecule has 0 unspecified atom stereocenters. The van der Waals surface area contributed by atoms with Gasteiger partial charge in [-0.15, -0.1) is 0 Å². The zero-order valence-corrected chi connectivity index (χ0v) is 16.2. The summed E-state index contributed by atoms with van der Waals surface area (Å²) in [6, 6.07) is 13.7. The van der Waals surface area contributed by atoms with E-state index in [1.165, 1.54) is 0 Å². The molecule has 1 atom stereocenters. The first-order valence-electron chi connectivity index (χ1n) is 8.12. The van der Waals surface area contributed by atoms with E-state index in [9.17, 15) is 13.2 Å². The summed E-state index contributed by atoms with van der Waals surface area (Å²) < 4.78 is 23.7. The third-order valence-corrected chi connectivity index (χ3v) is 6.54. The molecule has 3 rings (SSSR count).